The molecule has 0 radical (unpaired) electrons. The standard InChI is InChI=1S/C24H27NO3/c1-14-18(13-25-11-4-5-12-25)28-23-16-8-9-17-15(7-6-10-24(17,2)3)20(16)22(27)21(26)19(14)23/h8-9H,4-7,10-13H2,1-3H3. The molecule has 5 rings (SSSR count). The van der Waals surface area contributed by atoms with Crippen LogP contribution >= 0.6 is 0 Å². The zero-order valence-electron chi connectivity index (χ0n) is 17.0. The van der Waals surface area contributed by atoms with Gasteiger partial charge in [0.15, 0.2) is 0 Å². The maximum Gasteiger partial charge on any atom is 0.237 e. The molecule has 1 aromatic heterocycles. The molecule has 0 spiro atoms. The van der Waals surface area contributed by atoms with Gasteiger partial charge in [-0.1, -0.05) is 26.0 Å². The molecule has 1 aromatic carbocycles. The van der Waals surface area contributed by atoms with Gasteiger partial charge in [0.25, 0.3) is 0 Å². The molecular weight excluding hydrogens is 350 g/mol. The summed E-state index contributed by atoms with van der Waals surface area (Å²) >= 11 is 0. The van der Waals surface area contributed by atoms with E-state index in [0.717, 1.165) is 54.8 Å². The number of rotatable bonds is 2. The van der Waals surface area contributed by atoms with Crippen LogP contribution < -0.4 is 0 Å². The zero-order valence-corrected chi connectivity index (χ0v) is 17.0. The van der Waals surface area contributed by atoms with Gasteiger partial charge in [-0.15, -0.1) is 0 Å². The van der Waals surface area contributed by atoms with Crippen molar-refractivity contribution in [1.82, 2.24) is 4.90 Å². The van der Waals surface area contributed by atoms with E-state index in [9.17, 15) is 9.59 Å². The molecule has 146 valence electrons. The Labute approximate surface area is 165 Å². The largest absolute Gasteiger partial charge is 0.459 e. The molecule has 28 heavy (non-hydrogen) atoms. The van der Waals surface area contributed by atoms with Crippen LogP contribution in [-0.4, -0.2) is 29.6 Å². The molecule has 1 aliphatic heterocycles. The molecule has 1 saturated heterocycles. The van der Waals surface area contributed by atoms with Crippen molar-refractivity contribution in [1.29, 1.82) is 0 Å². The SMILES string of the molecule is Cc1c(CN2CCCC2)oc2c1C(=O)C(=O)c1c-2ccc2c1CCCC2(C)C. The molecule has 2 heterocycles. The molecule has 0 bridgehead atoms. The third-order valence-electron chi connectivity index (χ3n) is 6.99. The van der Waals surface area contributed by atoms with Gasteiger partial charge in [-0.05, 0) is 68.7 Å². The van der Waals surface area contributed by atoms with E-state index in [1.54, 1.807) is 0 Å². The highest BCUT2D eigenvalue weighted by Gasteiger charge is 2.40. The first-order valence-corrected chi connectivity index (χ1v) is 10.5. The summed E-state index contributed by atoms with van der Waals surface area (Å²) in [5, 5.41) is 0. The lowest BCUT2D eigenvalue weighted by molar-refractivity contribution is 0.0813. The van der Waals surface area contributed by atoms with Gasteiger partial charge in [0.05, 0.1) is 12.1 Å². The van der Waals surface area contributed by atoms with E-state index in [2.05, 4.69) is 24.8 Å². The molecule has 2 aromatic rings. The first-order valence-electron chi connectivity index (χ1n) is 10.5. The summed E-state index contributed by atoms with van der Waals surface area (Å²) in [5.74, 6) is 0.693. The number of hydrogen-bond acceptors (Lipinski definition) is 4. The predicted octanol–water partition coefficient (Wildman–Crippen LogP) is 4.84. The fourth-order valence-electron chi connectivity index (χ4n) is 5.38. The van der Waals surface area contributed by atoms with E-state index in [-0.39, 0.29) is 11.2 Å². The number of ketones is 2. The topological polar surface area (TPSA) is 50.5 Å². The Morgan fingerprint density at radius 3 is 2.50 bits per heavy atom. The van der Waals surface area contributed by atoms with Crippen LogP contribution in [0, 0.1) is 6.92 Å². The van der Waals surface area contributed by atoms with E-state index in [0.29, 0.717) is 23.4 Å². The van der Waals surface area contributed by atoms with Crippen LogP contribution in [0.3, 0.4) is 0 Å². The summed E-state index contributed by atoms with van der Waals surface area (Å²) in [4.78, 5) is 28.6. The second kappa shape index (κ2) is 6.15. The maximum atomic E-state index is 13.2. The van der Waals surface area contributed by atoms with Gasteiger partial charge < -0.3 is 4.42 Å². The number of fused-ring (bicyclic) bond motifs is 5. The average Bonchev–Trinajstić information content (AvgIpc) is 3.28. The van der Waals surface area contributed by atoms with Crippen LogP contribution in [0.5, 0.6) is 0 Å². The summed E-state index contributed by atoms with van der Waals surface area (Å²) in [6, 6.07) is 4.16. The smallest absolute Gasteiger partial charge is 0.237 e. The number of furan rings is 1. The summed E-state index contributed by atoms with van der Waals surface area (Å²) < 4.78 is 6.27. The molecular formula is C24H27NO3. The lowest BCUT2D eigenvalue weighted by atomic mass is 9.69. The highest BCUT2D eigenvalue weighted by Crippen LogP contribution is 2.45. The van der Waals surface area contributed by atoms with Gasteiger partial charge in [0, 0.05) is 16.7 Å². The van der Waals surface area contributed by atoms with Crippen LogP contribution in [0.4, 0.5) is 0 Å². The van der Waals surface area contributed by atoms with Gasteiger partial charge in [-0.2, -0.15) is 0 Å². The van der Waals surface area contributed by atoms with Crippen LogP contribution in [0.1, 0.15) is 82.7 Å². The van der Waals surface area contributed by atoms with E-state index < -0.39 is 5.78 Å². The highest BCUT2D eigenvalue weighted by atomic mass is 16.3. The fourth-order valence-corrected chi connectivity index (χ4v) is 5.38. The average molecular weight is 377 g/mol. The van der Waals surface area contributed by atoms with Gasteiger partial charge in [0.2, 0.25) is 11.6 Å². The van der Waals surface area contributed by atoms with Crippen molar-refractivity contribution >= 4 is 11.6 Å². The summed E-state index contributed by atoms with van der Waals surface area (Å²) in [6.07, 6.45) is 5.42. The van der Waals surface area contributed by atoms with Crippen LogP contribution in [0.15, 0.2) is 16.5 Å². The summed E-state index contributed by atoms with van der Waals surface area (Å²) in [6.45, 7) is 9.22. The van der Waals surface area contributed by atoms with Gasteiger partial charge >= 0.3 is 0 Å². The summed E-state index contributed by atoms with van der Waals surface area (Å²) in [5.41, 5.74) is 5.05. The van der Waals surface area contributed by atoms with Gasteiger partial charge in [-0.25, -0.2) is 0 Å². The van der Waals surface area contributed by atoms with Gasteiger partial charge in [-0.3, -0.25) is 14.5 Å². The molecule has 0 N–H and O–H groups in total. The Balaban J connectivity index is 1.68. The molecule has 1 fully saturated rings. The van der Waals surface area contributed by atoms with E-state index in [1.165, 1.54) is 18.4 Å². The van der Waals surface area contributed by atoms with Crippen molar-refractivity contribution < 1.29 is 14.0 Å². The van der Waals surface area contributed by atoms with Crippen molar-refractivity contribution in [3.8, 4) is 11.3 Å². The normalized spacial score (nSPS) is 20.8. The first kappa shape index (κ1) is 17.9. The third-order valence-corrected chi connectivity index (χ3v) is 6.99. The molecule has 2 aliphatic carbocycles. The highest BCUT2D eigenvalue weighted by molar-refractivity contribution is 6.53. The van der Waals surface area contributed by atoms with E-state index in [4.69, 9.17) is 4.42 Å². The second-order valence-corrected chi connectivity index (χ2v) is 9.25. The van der Waals surface area contributed by atoms with Crippen LogP contribution in [-0.2, 0) is 18.4 Å². The molecule has 0 amide bonds. The summed E-state index contributed by atoms with van der Waals surface area (Å²) in [7, 11) is 0. The number of benzene rings is 1. The van der Waals surface area contributed by atoms with Crippen molar-refractivity contribution in [3.05, 3.63) is 45.7 Å². The van der Waals surface area contributed by atoms with Crippen LogP contribution in [0.25, 0.3) is 11.3 Å². The lowest BCUT2D eigenvalue weighted by Gasteiger charge is -2.34. The number of likely N-dealkylation sites (tertiary alicyclic amines) is 1. The molecule has 4 nitrogen and oxygen atoms in total. The van der Waals surface area contributed by atoms with Crippen molar-refractivity contribution in [2.45, 2.75) is 64.8 Å². The minimum absolute atomic E-state index is 0.0339. The molecule has 0 unspecified atom stereocenters. The maximum absolute atomic E-state index is 13.2. The Bertz CT molecular complexity index is 1010. The number of Topliss-reactive ketones (excluding diaryl/α,β-unsaturated/α-hetero) is 2. The van der Waals surface area contributed by atoms with Crippen LogP contribution in [0.2, 0.25) is 0 Å². The Morgan fingerprint density at radius 1 is 1.04 bits per heavy atom. The predicted molar refractivity (Wildman–Crippen MR) is 108 cm³/mol. The lowest BCUT2D eigenvalue weighted by Crippen LogP contribution is -2.29. The van der Waals surface area contributed by atoms with Crippen molar-refractivity contribution in [2.24, 2.45) is 0 Å². The minimum Gasteiger partial charge on any atom is -0.459 e. The number of nitrogens with zero attached hydrogens (tertiary/aromatic N) is 1. The second-order valence-electron chi connectivity index (χ2n) is 9.25. The molecule has 4 heteroatoms. The monoisotopic (exact) mass is 377 g/mol. The Morgan fingerprint density at radius 2 is 1.75 bits per heavy atom. The third kappa shape index (κ3) is 2.47. The first-order chi connectivity index (χ1) is 13.4. The minimum atomic E-state index is -0.395. The number of carbonyl (C=O) groups excluding carboxylic acids is 2. The quantitative estimate of drug-likeness (QED) is 0.703. The Kier molecular flexibility index (Phi) is 3.92. The number of hydrogen-bond donors (Lipinski definition) is 0. The molecule has 0 atom stereocenters. The number of carbonyl (C=O) groups is 2. The molecule has 0 saturated carbocycles. The Hall–Kier alpha value is -2.20. The zero-order chi connectivity index (χ0) is 19.6. The van der Waals surface area contributed by atoms with E-state index in [1.807, 2.05) is 13.0 Å². The van der Waals surface area contributed by atoms with Crippen molar-refractivity contribution in [2.75, 3.05) is 13.1 Å². The van der Waals surface area contributed by atoms with E-state index >= 15 is 0 Å². The van der Waals surface area contributed by atoms with Gasteiger partial charge in [0.1, 0.15) is 11.5 Å². The van der Waals surface area contributed by atoms with Crippen molar-refractivity contribution in [3.63, 3.8) is 0 Å². The fraction of sp³-hybridized carbons (Fsp3) is 0.500. The molecule has 3 aliphatic rings.